The van der Waals surface area contributed by atoms with Crippen LogP contribution in [0.5, 0.6) is 0 Å². The van der Waals surface area contributed by atoms with Crippen LogP contribution in [0.15, 0.2) is 47.1 Å². The molecule has 2 aromatic heterocycles. The molecule has 0 radical (unpaired) electrons. The minimum atomic E-state index is -0.405. The van der Waals surface area contributed by atoms with Gasteiger partial charge in [0.05, 0.1) is 11.2 Å². The maximum atomic E-state index is 13.9. The van der Waals surface area contributed by atoms with E-state index in [9.17, 15) is 4.39 Å². The van der Waals surface area contributed by atoms with Crippen LogP contribution in [-0.4, -0.2) is 9.97 Å². The van der Waals surface area contributed by atoms with Crippen LogP contribution in [0.2, 0.25) is 0 Å². The summed E-state index contributed by atoms with van der Waals surface area (Å²) in [5, 5.41) is 3.97. The molecular formula is C15H11BrFN3. The van der Waals surface area contributed by atoms with Gasteiger partial charge in [-0.25, -0.2) is 9.37 Å². The molecule has 20 heavy (non-hydrogen) atoms. The molecule has 0 aliphatic rings. The van der Waals surface area contributed by atoms with Crippen molar-refractivity contribution in [2.24, 2.45) is 0 Å². The molecule has 0 spiro atoms. The summed E-state index contributed by atoms with van der Waals surface area (Å²) >= 11 is 3.19. The van der Waals surface area contributed by atoms with E-state index in [1.165, 1.54) is 6.07 Å². The van der Waals surface area contributed by atoms with Crippen LogP contribution in [-0.2, 0) is 0 Å². The average Bonchev–Trinajstić information content (AvgIpc) is 2.41. The second-order valence-electron chi connectivity index (χ2n) is 4.44. The van der Waals surface area contributed by atoms with Crippen molar-refractivity contribution < 1.29 is 4.39 Å². The molecule has 1 aromatic carbocycles. The fraction of sp³-hybridized carbons (Fsp3) is 0.0667. The largest absolute Gasteiger partial charge is 0.337 e. The Balaban J connectivity index is 2.10. The number of fused-ring (bicyclic) bond motifs is 1. The van der Waals surface area contributed by atoms with Crippen LogP contribution in [0, 0.1) is 12.7 Å². The van der Waals surface area contributed by atoms with Crippen molar-refractivity contribution in [2.75, 3.05) is 5.32 Å². The quantitative estimate of drug-likeness (QED) is 0.746. The Hall–Kier alpha value is -2.01. The van der Waals surface area contributed by atoms with Crippen molar-refractivity contribution in [1.29, 1.82) is 0 Å². The molecule has 0 saturated heterocycles. The number of para-hydroxylation sites is 1. The molecule has 2 heterocycles. The summed E-state index contributed by atoms with van der Waals surface area (Å²) in [7, 11) is 0. The lowest BCUT2D eigenvalue weighted by Gasteiger charge is -2.10. The summed E-state index contributed by atoms with van der Waals surface area (Å²) in [4.78, 5) is 8.51. The fourth-order valence-corrected chi connectivity index (χ4v) is 2.35. The molecule has 0 saturated carbocycles. The summed E-state index contributed by atoms with van der Waals surface area (Å²) in [6.45, 7) is 1.91. The number of nitrogens with one attached hydrogen (secondary N) is 1. The standard InChI is InChI=1S/C15H11BrFN3/c1-9-6-14(11-4-2-3-5-13(11)19-9)20-15-12(17)7-10(16)8-18-15/h2-8H,1H3,(H,18,19,20). The molecule has 0 aliphatic carbocycles. The van der Waals surface area contributed by atoms with E-state index in [1.807, 2.05) is 37.3 Å². The zero-order chi connectivity index (χ0) is 14.1. The number of pyridine rings is 2. The Kier molecular flexibility index (Phi) is 3.36. The van der Waals surface area contributed by atoms with E-state index in [4.69, 9.17) is 0 Å². The zero-order valence-corrected chi connectivity index (χ0v) is 12.3. The van der Waals surface area contributed by atoms with Gasteiger partial charge < -0.3 is 5.32 Å². The number of nitrogens with zero attached hydrogens (tertiary/aromatic N) is 2. The molecule has 3 aromatic rings. The first-order chi connectivity index (χ1) is 9.63. The van der Waals surface area contributed by atoms with Gasteiger partial charge in [-0.05, 0) is 41.1 Å². The van der Waals surface area contributed by atoms with Crippen LogP contribution >= 0.6 is 15.9 Å². The van der Waals surface area contributed by atoms with Gasteiger partial charge in [-0.2, -0.15) is 0 Å². The SMILES string of the molecule is Cc1cc(Nc2ncc(Br)cc2F)c2ccccc2n1. The first-order valence-electron chi connectivity index (χ1n) is 6.08. The van der Waals surface area contributed by atoms with E-state index >= 15 is 0 Å². The monoisotopic (exact) mass is 331 g/mol. The number of anilines is 2. The third-order valence-electron chi connectivity index (χ3n) is 2.91. The fourth-order valence-electron chi connectivity index (χ4n) is 2.05. The van der Waals surface area contributed by atoms with Crippen molar-refractivity contribution in [3.63, 3.8) is 0 Å². The number of aromatic nitrogens is 2. The van der Waals surface area contributed by atoms with Gasteiger partial charge in [0.2, 0.25) is 0 Å². The minimum Gasteiger partial charge on any atom is -0.337 e. The van der Waals surface area contributed by atoms with Crippen LogP contribution in [0.3, 0.4) is 0 Å². The molecule has 3 nitrogen and oxygen atoms in total. The molecule has 5 heteroatoms. The van der Waals surface area contributed by atoms with Crippen molar-refractivity contribution >= 4 is 38.3 Å². The Bertz CT molecular complexity index is 789. The third kappa shape index (κ3) is 2.49. The smallest absolute Gasteiger partial charge is 0.166 e. The topological polar surface area (TPSA) is 37.8 Å². The molecule has 0 atom stereocenters. The van der Waals surface area contributed by atoms with E-state index in [0.717, 1.165) is 22.3 Å². The summed E-state index contributed by atoms with van der Waals surface area (Å²) in [5.41, 5.74) is 2.53. The normalized spacial score (nSPS) is 10.8. The van der Waals surface area contributed by atoms with Gasteiger partial charge in [-0.15, -0.1) is 0 Å². The summed E-state index contributed by atoms with van der Waals surface area (Å²) < 4.78 is 14.5. The molecule has 100 valence electrons. The van der Waals surface area contributed by atoms with Crippen LogP contribution in [0.25, 0.3) is 10.9 Å². The second kappa shape index (κ2) is 5.17. The van der Waals surface area contributed by atoms with E-state index in [0.29, 0.717) is 4.47 Å². The predicted molar refractivity (Wildman–Crippen MR) is 81.7 cm³/mol. The maximum absolute atomic E-state index is 13.9. The third-order valence-corrected chi connectivity index (χ3v) is 3.34. The van der Waals surface area contributed by atoms with Crippen LogP contribution < -0.4 is 5.32 Å². The Morgan fingerprint density at radius 3 is 2.80 bits per heavy atom. The lowest BCUT2D eigenvalue weighted by Crippen LogP contribution is -1.99. The van der Waals surface area contributed by atoms with E-state index in [1.54, 1.807) is 6.20 Å². The lowest BCUT2D eigenvalue weighted by atomic mass is 10.1. The molecule has 3 rings (SSSR count). The van der Waals surface area contributed by atoms with Gasteiger partial charge >= 0.3 is 0 Å². The Morgan fingerprint density at radius 2 is 2.00 bits per heavy atom. The van der Waals surface area contributed by atoms with Crippen LogP contribution in [0.4, 0.5) is 15.9 Å². The number of benzene rings is 1. The van der Waals surface area contributed by atoms with Gasteiger partial charge in [-0.1, -0.05) is 18.2 Å². The highest BCUT2D eigenvalue weighted by atomic mass is 79.9. The van der Waals surface area contributed by atoms with Gasteiger partial charge in [0.1, 0.15) is 0 Å². The number of hydrogen-bond donors (Lipinski definition) is 1. The van der Waals surface area contributed by atoms with E-state index in [2.05, 4.69) is 31.2 Å². The molecule has 1 N–H and O–H groups in total. The molecule has 0 fully saturated rings. The highest BCUT2D eigenvalue weighted by Crippen LogP contribution is 2.27. The number of hydrogen-bond acceptors (Lipinski definition) is 3. The van der Waals surface area contributed by atoms with Gasteiger partial charge in [0.25, 0.3) is 0 Å². The van der Waals surface area contributed by atoms with Crippen molar-refractivity contribution in [1.82, 2.24) is 9.97 Å². The van der Waals surface area contributed by atoms with E-state index < -0.39 is 5.82 Å². The first kappa shape index (κ1) is 13.0. The number of aryl methyl sites for hydroxylation is 1. The Labute approximate surface area is 124 Å². The first-order valence-corrected chi connectivity index (χ1v) is 6.87. The Morgan fingerprint density at radius 1 is 1.20 bits per heavy atom. The van der Waals surface area contributed by atoms with E-state index in [-0.39, 0.29) is 5.82 Å². The van der Waals surface area contributed by atoms with Gasteiger partial charge in [-0.3, -0.25) is 4.98 Å². The highest BCUT2D eigenvalue weighted by Gasteiger charge is 2.08. The molecule has 0 bridgehead atoms. The van der Waals surface area contributed by atoms with Crippen molar-refractivity contribution in [2.45, 2.75) is 6.92 Å². The van der Waals surface area contributed by atoms with Crippen LogP contribution in [0.1, 0.15) is 5.69 Å². The van der Waals surface area contributed by atoms with Gasteiger partial charge in [0, 0.05) is 21.7 Å². The summed E-state index contributed by atoms with van der Waals surface area (Å²) in [5.74, 6) is -0.207. The van der Waals surface area contributed by atoms with Gasteiger partial charge in [0.15, 0.2) is 11.6 Å². The average molecular weight is 332 g/mol. The minimum absolute atomic E-state index is 0.198. The number of halogens is 2. The predicted octanol–water partition coefficient (Wildman–Crippen LogP) is 4.58. The van der Waals surface area contributed by atoms with Crippen molar-refractivity contribution in [3.05, 3.63) is 58.6 Å². The molecular weight excluding hydrogens is 321 g/mol. The molecule has 0 amide bonds. The summed E-state index contributed by atoms with van der Waals surface area (Å²) in [6.07, 6.45) is 1.56. The zero-order valence-electron chi connectivity index (χ0n) is 10.7. The molecule has 0 aliphatic heterocycles. The maximum Gasteiger partial charge on any atom is 0.166 e. The summed E-state index contributed by atoms with van der Waals surface area (Å²) in [6, 6.07) is 11.0. The van der Waals surface area contributed by atoms with Crippen molar-refractivity contribution in [3.8, 4) is 0 Å². The second-order valence-corrected chi connectivity index (χ2v) is 5.35. The highest BCUT2D eigenvalue weighted by molar-refractivity contribution is 9.10. The lowest BCUT2D eigenvalue weighted by molar-refractivity contribution is 0.625. The number of rotatable bonds is 2. The molecule has 0 unspecified atom stereocenters.